The molecule has 110 valence electrons. The first-order chi connectivity index (χ1) is 9.88. The summed E-state index contributed by atoms with van der Waals surface area (Å²) < 4.78 is 0. The summed E-state index contributed by atoms with van der Waals surface area (Å²) in [5.74, 6) is 1.14. The van der Waals surface area contributed by atoms with Crippen LogP contribution in [0.5, 0.6) is 0 Å². The standard InChI is InChI=1S/C17H27N3/c1-2-3-12-20-13-5-4-8-16(20)15-7-6-11-18-17(15)19-14-9-10-14/h6-7,11,14,16H,2-5,8-10,12-13H2,1H3,(H,18,19)/t16-/m1/s1. The Bertz CT molecular complexity index is 428. The number of hydrogen-bond acceptors (Lipinski definition) is 3. The van der Waals surface area contributed by atoms with Gasteiger partial charge in [-0.15, -0.1) is 0 Å². The molecule has 3 heteroatoms. The van der Waals surface area contributed by atoms with Crippen molar-refractivity contribution in [3.63, 3.8) is 0 Å². The second-order valence-electron chi connectivity index (χ2n) is 6.26. The molecule has 0 unspecified atom stereocenters. The molecule has 0 bridgehead atoms. The molecule has 0 spiro atoms. The predicted octanol–water partition coefficient (Wildman–Crippen LogP) is 3.98. The van der Waals surface area contributed by atoms with E-state index in [0.717, 1.165) is 5.82 Å². The number of likely N-dealkylation sites (tertiary alicyclic amines) is 1. The van der Waals surface area contributed by atoms with E-state index in [9.17, 15) is 0 Å². The SMILES string of the molecule is CCCCN1CCCC[C@@H]1c1cccnc1NC1CC1. The van der Waals surface area contributed by atoms with Crippen molar-refractivity contribution in [3.8, 4) is 0 Å². The Labute approximate surface area is 122 Å². The molecule has 1 saturated carbocycles. The summed E-state index contributed by atoms with van der Waals surface area (Å²) in [5, 5.41) is 3.62. The Balaban J connectivity index is 1.77. The van der Waals surface area contributed by atoms with E-state index >= 15 is 0 Å². The molecule has 1 aromatic rings. The molecule has 0 amide bonds. The molecule has 1 aromatic heterocycles. The van der Waals surface area contributed by atoms with E-state index in [4.69, 9.17) is 0 Å². The largest absolute Gasteiger partial charge is 0.367 e. The van der Waals surface area contributed by atoms with Crippen LogP contribution in [0.15, 0.2) is 18.3 Å². The van der Waals surface area contributed by atoms with E-state index in [1.807, 2.05) is 6.20 Å². The van der Waals surface area contributed by atoms with Crippen molar-refractivity contribution in [2.45, 2.75) is 64.0 Å². The van der Waals surface area contributed by atoms with Gasteiger partial charge in [0.1, 0.15) is 5.82 Å². The first-order valence-electron chi connectivity index (χ1n) is 8.34. The number of anilines is 1. The van der Waals surface area contributed by atoms with E-state index in [1.165, 1.54) is 63.6 Å². The lowest BCUT2D eigenvalue weighted by Crippen LogP contribution is -2.34. The summed E-state index contributed by atoms with van der Waals surface area (Å²) >= 11 is 0. The van der Waals surface area contributed by atoms with Crippen LogP contribution in [0.2, 0.25) is 0 Å². The van der Waals surface area contributed by atoms with Gasteiger partial charge in [0.25, 0.3) is 0 Å². The third-order valence-electron chi connectivity index (χ3n) is 4.53. The molecule has 20 heavy (non-hydrogen) atoms. The summed E-state index contributed by atoms with van der Waals surface area (Å²) in [6.45, 7) is 4.77. The number of nitrogens with one attached hydrogen (secondary N) is 1. The Kier molecular flexibility index (Phi) is 4.56. The first-order valence-corrected chi connectivity index (χ1v) is 8.34. The fourth-order valence-electron chi connectivity index (χ4n) is 3.20. The van der Waals surface area contributed by atoms with Crippen molar-refractivity contribution >= 4 is 5.82 Å². The highest BCUT2D eigenvalue weighted by atomic mass is 15.2. The molecule has 2 heterocycles. The van der Waals surface area contributed by atoms with Gasteiger partial charge in [-0.2, -0.15) is 0 Å². The molecule has 1 N–H and O–H groups in total. The number of nitrogens with zero attached hydrogens (tertiary/aromatic N) is 2. The normalized spacial score (nSPS) is 23.8. The highest BCUT2D eigenvalue weighted by Crippen LogP contribution is 2.35. The monoisotopic (exact) mass is 273 g/mol. The summed E-state index contributed by atoms with van der Waals surface area (Å²) in [6, 6.07) is 5.63. The van der Waals surface area contributed by atoms with Crippen molar-refractivity contribution in [3.05, 3.63) is 23.9 Å². The quantitative estimate of drug-likeness (QED) is 0.849. The van der Waals surface area contributed by atoms with Gasteiger partial charge < -0.3 is 5.32 Å². The van der Waals surface area contributed by atoms with Crippen molar-refractivity contribution < 1.29 is 0 Å². The van der Waals surface area contributed by atoms with Crippen LogP contribution in [0, 0.1) is 0 Å². The van der Waals surface area contributed by atoms with Gasteiger partial charge in [-0.1, -0.05) is 25.8 Å². The van der Waals surface area contributed by atoms with Crippen molar-refractivity contribution in [1.29, 1.82) is 0 Å². The molecule has 3 rings (SSSR count). The molecule has 1 aliphatic carbocycles. The third-order valence-corrected chi connectivity index (χ3v) is 4.53. The van der Waals surface area contributed by atoms with E-state index < -0.39 is 0 Å². The van der Waals surface area contributed by atoms with E-state index in [0.29, 0.717) is 12.1 Å². The first kappa shape index (κ1) is 13.9. The third kappa shape index (κ3) is 3.32. The van der Waals surface area contributed by atoms with Crippen LogP contribution in [-0.4, -0.2) is 29.0 Å². The second-order valence-corrected chi connectivity index (χ2v) is 6.26. The van der Waals surface area contributed by atoms with Crippen molar-refractivity contribution in [2.24, 2.45) is 0 Å². The van der Waals surface area contributed by atoms with E-state index in [2.05, 4.69) is 34.3 Å². The molecule has 2 fully saturated rings. The van der Waals surface area contributed by atoms with Gasteiger partial charge in [0.05, 0.1) is 0 Å². The highest BCUT2D eigenvalue weighted by Gasteiger charge is 2.28. The molecular weight excluding hydrogens is 246 g/mol. The predicted molar refractivity (Wildman–Crippen MR) is 84.0 cm³/mol. The Morgan fingerprint density at radius 1 is 1.30 bits per heavy atom. The minimum atomic E-state index is 0.574. The van der Waals surface area contributed by atoms with Crippen LogP contribution < -0.4 is 5.32 Å². The number of piperidine rings is 1. The summed E-state index contributed by atoms with van der Waals surface area (Å²) in [7, 11) is 0. The number of aromatic nitrogens is 1. The maximum absolute atomic E-state index is 4.61. The van der Waals surface area contributed by atoms with Crippen LogP contribution in [0.25, 0.3) is 0 Å². The lowest BCUT2D eigenvalue weighted by Gasteiger charge is -2.36. The van der Waals surface area contributed by atoms with Gasteiger partial charge in [0, 0.05) is 23.8 Å². The number of unbranched alkanes of at least 4 members (excludes halogenated alkanes) is 1. The Hall–Kier alpha value is -1.09. The van der Waals surface area contributed by atoms with Crippen LogP contribution in [-0.2, 0) is 0 Å². The smallest absolute Gasteiger partial charge is 0.130 e. The lowest BCUT2D eigenvalue weighted by molar-refractivity contribution is 0.147. The lowest BCUT2D eigenvalue weighted by atomic mass is 9.95. The fraction of sp³-hybridized carbons (Fsp3) is 0.706. The minimum Gasteiger partial charge on any atom is -0.367 e. The van der Waals surface area contributed by atoms with Gasteiger partial charge in [0.2, 0.25) is 0 Å². The second kappa shape index (κ2) is 6.57. The fourth-order valence-corrected chi connectivity index (χ4v) is 3.20. The van der Waals surface area contributed by atoms with E-state index in [-0.39, 0.29) is 0 Å². The molecule has 1 aliphatic heterocycles. The van der Waals surface area contributed by atoms with Crippen LogP contribution >= 0.6 is 0 Å². The summed E-state index contributed by atoms with van der Waals surface area (Å²) in [5.41, 5.74) is 1.43. The molecule has 1 atom stereocenters. The zero-order valence-corrected chi connectivity index (χ0v) is 12.6. The molecule has 0 radical (unpaired) electrons. The topological polar surface area (TPSA) is 28.2 Å². The Morgan fingerprint density at radius 2 is 2.20 bits per heavy atom. The summed E-state index contributed by atoms with van der Waals surface area (Å²) in [6.07, 6.45) is 11.1. The average Bonchev–Trinajstić information content (AvgIpc) is 3.30. The maximum Gasteiger partial charge on any atom is 0.130 e. The number of rotatable bonds is 6. The average molecular weight is 273 g/mol. The van der Waals surface area contributed by atoms with Gasteiger partial charge in [-0.3, -0.25) is 4.90 Å². The zero-order chi connectivity index (χ0) is 13.8. The molecule has 3 nitrogen and oxygen atoms in total. The molecule has 1 saturated heterocycles. The zero-order valence-electron chi connectivity index (χ0n) is 12.6. The van der Waals surface area contributed by atoms with Gasteiger partial charge in [0.15, 0.2) is 0 Å². The molecule has 2 aliphatic rings. The van der Waals surface area contributed by atoms with Crippen LogP contribution in [0.1, 0.15) is 63.5 Å². The summed E-state index contributed by atoms with van der Waals surface area (Å²) in [4.78, 5) is 7.29. The number of hydrogen-bond donors (Lipinski definition) is 1. The van der Waals surface area contributed by atoms with Crippen LogP contribution in [0.4, 0.5) is 5.82 Å². The number of pyridine rings is 1. The van der Waals surface area contributed by atoms with Gasteiger partial charge >= 0.3 is 0 Å². The Morgan fingerprint density at radius 3 is 3.00 bits per heavy atom. The van der Waals surface area contributed by atoms with Crippen molar-refractivity contribution in [1.82, 2.24) is 9.88 Å². The highest BCUT2D eigenvalue weighted by molar-refractivity contribution is 5.47. The molecular formula is C17H27N3. The van der Waals surface area contributed by atoms with Gasteiger partial charge in [-0.05, 0) is 51.3 Å². The van der Waals surface area contributed by atoms with Crippen molar-refractivity contribution in [2.75, 3.05) is 18.4 Å². The van der Waals surface area contributed by atoms with Crippen LogP contribution in [0.3, 0.4) is 0 Å². The van der Waals surface area contributed by atoms with E-state index in [1.54, 1.807) is 0 Å². The minimum absolute atomic E-state index is 0.574. The molecule has 0 aromatic carbocycles. The maximum atomic E-state index is 4.61. The van der Waals surface area contributed by atoms with Gasteiger partial charge in [-0.25, -0.2) is 4.98 Å².